The zero-order valence-corrected chi connectivity index (χ0v) is 15.3. The third-order valence-electron chi connectivity index (χ3n) is 4.95. The molecule has 0 heteroatoms. The summed E-state index contributed by atoms with van der Waals surface area (Å²) in [5.74, 6) is 0.529. The fraction of sp³-hybridized carbons (Fsp3) is 0.154. The molecule has 3 rings (SSSR count). The van der Waals surface area contributed by atoms with Crippen molar-refractivity contribution in [3.63, 3.8) is 0 Å². The summed E-state index contributed by atoms with van der Waals surface area (Å²) in [7, 11) is 0. The zero-order chi connectivity index (χ0) is 18.2. The smallest absolute Gasteiger partial charge is 0.0118 e. The van der Waals surface area contributed by atoms with Crippen molar-refractivity contribution >= 4 is 5.57 Å². The van der Waals surface area contributed by atoms with E-state index in [9.17, 15) is 0 Å². The van der Waals surface area contributed by atoms with Crippen LogP contribution in [0.15, 0.2) is 104 Å². The van der Waals surface area contributed by atoms with Gasteiger partial charge in [-0.1, -0.05) is 104 Å². The van der Waals surface area contributed by atoms with Crippen molar-refractivity contribution < 1.29 is 0 Å². The van der Waals surface area contributed by atoms with Crippen LogP contribution in [0.2, 0.25) is 0 Å². The average Bonchev–Trinajstić information content (AvgIpc) is 2.72. The van der Waals surface area contributed by atoms with Crippen LogP contribution in [0.25, 0.3) is 5.57 Å². The molecule has 0 radical (unpaired) electrons. The van der Waals surface area contributed by atoms with Gasteiger partial charge in [-0.15, -0.1) is 0 Å². The lowest BCUT2D eigenvalue weighted by Crippen LogP contribution is -2.05. The predicted molar refractivity (Wildman–Crippen MR) is 113 cm³/mol. The van der Waals surface area contributed by atoms with E-state index in [0.717, 1.165) is 30.4 Å². The van der Waals surface area contributed by atoms with Gasteiger partial charge in [-0.2, -0.15) is 0 Å². The van der Waals surface area contributed by atoms with Gasteiger partial charge in [0.25, 0.3) is 0 Å². The Balaban J connectivity index is 1.71. The molecule has 26 heavy (non-hydrogen) atoms. The quantitative estimate of drug-likeness (QED) is 0.394. The highest BCUT2D eigenvalue weighted by molar-refractivity contribution is 5.71. The normalized spacial score (nSPS) is 11.7. The molecule has 0 N–H and O–H groups in total. The van der Waals surface area contributed by atoms with Crippen LogP contribution in [-0.2, 0) is 12.8 Å². The van der Waals surface area contributed by atoms with Gasteiger partial charge in [0.15, 0.2) is 0 Å². The van der Waals surface area contributed by atoms with Crippen molar-refractivity contribution in [2.75, 3.05) is 0 Å². The van der Waals surface area contributed by atoms with Crippen molar-refractivity contribution in [3.05, 3.63) is 126 Å². The van der Waals surface area contributed by atoms with Crippen LogP contribution in [0, 0.1) is 0 Å². The van der Waals surface area contributed by atoms with Crippen LogP contribution in [-0.4, -0.2) is 0 Å². The molecule has 0 aromatic heterocycles. The summed E-state index contributed by atoms with van der Waals surface area (Å²) < 4.78 is 0. The topological polar surface area (TPSA) is 0 Å². The van der Waals surface area contributed by atoms with Gasteiger partial charge in [0, 0.05) is 0 Å². The first kappa shape index (κ1) is 17.9. The Morgan fingerprint density at radius 2 is 1.38 bits per heavy atom. The lowest BCUT2D eigenvalue weighted by atomic mass is 9.87. The second kappa shape index (κ2) is 9.01. The van der Waals surface area contributed by atoms with Crippen molar-refractivity contribution in [2.24, 2.45) is 0 Å². The maximum Gasteiger partial charge on any atom is -0.0118 e. The van der Waals surface area contributed by atoms with Crippen molar-refractivity contribution in [3.8, 4) is 0 Å². The van der Waals surface area contributed by atoms with Crippen LogP contribution in [0.3, 0.4) is 0 Å². The number of rotatable bonds is 8. The second-order valence-corrected chi connectivity index (χ2v) is 6.76. The maximum absolute atomic E-state index is 4.02. The molecule has 3 aromatic rings. The molecule has 0 nitrogen and oxygen atoms in total. The Bertz CT molecular complexity index is 826. The van der Waals surface area contributed by atoms with Gasteiger partial charge in [0.2, 0.25) is 0 Å². The Hall–Kier alpha value is -2.86. The largest absolute Gasteiger partial charge is 0.0985 e. The van der Waals surface area contributed by atoms with Gasteiger partial charge < -0.3 is 0 Å². The third-order valence-corrected chi connectivity index (χ3v) is 4.95. The van der Waals surface area contributed by atoms with Gasteiger partial charge >= 0.3 is 0 Å². The van der Waals surface area contributed by atoms with E-state index in [0.29, 0.717) is 5.92 Å². The van der Waals surface area contributed by atoms with Crippen LogP contribution in [0.5, 0.6) is 0 Å². The van der Waals surface area contributed by atoms with Crippen LogP contribution in [0.4, 0.5) is 0 Å². The van der Waals surface area contributed by atoms with E-state index in [2.05, 4.69) is 98.1 Å². The van der Waals surface area contributed by atoms with Gasteiger partial charge in [0.05, 0.1) is 0 Å². The summed E-state index contributed by atoms with van der Waals surface area (Å²) in [5.41, 5.74) is 6.32. The SMILES string of the molecule is C=CC(=C)c1ccc(CCC(Cc2ccccc2)c2ccccc2)cc1. The number of benzene rings is 3. The summed E-state index contributed by atoms with van der Waals surface area (Å²) in [6.07, 6.45) is 5.10. The molecule has 0 amide bonds. The van der Waals surface area contributed by atoms with E-state index < -0.39 is 0 Å². The van der Waals surface area contributed by atoms with Gasteiger partial charge in [-0.05, 0) is 53.0 Å². The predicted octanol–water partition coefficient (Wildman–Crippen LogP) is 6.84. The van der Waals surface area contributed by atoms with Gasteiger partial charge in [-0.25, -0.2) is 0 Å². The van der Waals surface area contributed by atoms with E-state index in [4.69, 9.17) is 0 Å². The monoisotopic (exact) mass is 338 g/mol. The number of hydrogen-bond acceptors (Lipinski definition) is 0. The number of allylic oxidation sites excluding steroid dienone is 2. The summed E-state index contributed by atoms with van der Waals surface area (Å²) in [5, 5.41) is 0. The van der Waals surface area contributed by atoms with E-state index >= 15 is 0 Å². The first-order valence-electron chi connectivity index (χ1n) is 9.26. The van der Waals surface area contributed by atoms with E-state index in [1.54, 1.807) is 6.08 Å². The Labute approximate surface area is 157 Å². The maximum atomic E-state index is 4.02. The van der Waals surface area contributed by atoms with Crippen molar-refractivity contribution in [1.29, 1.82) is 0 Å². The molecule has 0 saturated heterocycles. The highest BCUT2D eigenvalue weighted by atomic mass is 14.2. The van der Waals surface area contributed by atoms with Crippen LogP contribution < -0.4 is 0 Å². The molecule has 0 aliphatic rings. The molecule has 0 fully saturated rings. The van der Waals surface area contributed by atoms with E-state index in [-0.39, 0.29) is 0 Å². The molecule has 0 aliphatic heterocycles. The standard InChI is InChI=1S/C26H26/c1-3-21(2)24-17-14-22(15-18-24)16-19-26(25-12-8-5-9-13-25)20-23-10-6-4-7-11-23/h3-15,17-18,26H,1-2,16,19-20H2. The highest BCUT2D eigenvalue weighted by Gasteiger charge is 2.12. The molecular formula is C26H26. The minimum Gasteiger partial charge on any atom is -0.0985 e. The highest BCUT2D eigenvalue weighted by Crippen LogP contribution is 2.26. The Kier molecular flexibility index (Phi) is 6.22. The summed E-state index contributed by atoms with van der Waals surface area (Å²) in [6, 6.07) is 30.4. The molecule has 130 valence electrons. The molecule has 1 atom stereocenters. The number of aryl methyl sites for hydroxylation is 1. The van der Waals surface area contributed by atoms with Crippen LogP contribution in [0.1, 0.15) is 34.6 Å². The summed E-state index contributed by atoms with van der Waals surface area (Å²) in [6.45, 7) is 7.81. The van der Waals surface area contributed by atoms with E-state index in [1.807, 2.05) is 0 Å². The average molecular weight is 338 g/mol. The second-order valence-electron chi connectivity index (χ2n) is 6.76. The first-order chi connectivity index (χ1) is 12.8. The lowest BCUT2D eigenvalue weighted by molar-refractivity contribution is 0.621. The van der Waals surface area contributed by atoms with Gasteiger partial charge in [-0.3, -0.25) is 0 Å². The molecule has 0 spiro atoms. The van der Waals surface area contributed by atoms with Gasteiger partial charge in [0.1, 0.15) is 0 Å². The minimum atomic E-state index is 0.529. The molecule has 1 unspecified atom stereocenters. The molecule has 0 aliphatic carbocycles. The summed E-state index contributed by atoms with van der Waals surface area (Å²) in [4.78, 5) is 0. The number of hydrogen-bond donors (Lipinski definition) is 0. The Morgan fingerprint density at radius 3 is 2.00 bits per heavy atom. The van der Waals surface area contributed by atoms with Crippen LogP contribution >= 0.6 is 0 Å². The zero-order valence-electron chi connectivity index (χ0n) is 15.3. The lowest BCUT2D eigenvalue weighted by Gasteiger charge is -2.18. The first-order valence-corrected chi connectivity index (χ1v) is 9.26. The van der Waals surface area contributed by atoms with Crippen molar-refractivity contribution in [1.82, 2.24) is 0 Å². The molecular weight excluding hydrogens is 312 g/mol. The van der Waals surface area contributed by atoms with E-state index in [1.165, 1.54) is 16.7 Å². The Morgan fingerprint density at radius 1 is 0.769 bits per heavy atom. The van der Waals surface area contributed by atoms with Crippen molar-refractivity contribution in [2.45, 2.75) is 25.2 Å². The molecule has 0 heterocycles. The molecule has 0 saturated carbocycles. The molecule has 0 bridgehead atoms. The summed E-state index contributed by atoms with van der Waals surface area (Å²) >= 11 is 0. The third kappa shape index (κ3) is 4.83. The molecule has 3 aromatic carbocycles. The fourth-order valence-corrected chi connectivity index (χ4v) is 3.35. The fourth-order valence-electron chi connectivity index (χ4n) is 3.35. The minimum absolute atomic E-state index is 0.529.